The van der Waals surface area contributed by atoms with Gasteiger partial charge in [-0.3, -0.25) is 19.2 Å². The van der Waals surface area contributed by atoms with Crippen molar-refractivity contribution in [3.05, 3.63) is 35.9 Å². The van der Waals surface area contributed by atoms with Crippen LogP contribution >= 0.6 is 12.6 Å². The standard InChI is InChI=1S/C18H25N5O6S/c19-11(9-30)16(26)23-12(7-14(20)24)17(27)21-8-15(25)22-13(18(28)29)6-10-4-2-1-3-5-10/h1-5,11-13,30H,6-9,19H2,(H2,20,24)(H,21,27)(H,22,25)(H,23,26)(H,28,29). The van der Waals surface area contributed by atoms with Crippen molar-refractivity contribution in [2.45, 2.75) is 31.0 Å². The topological polar surface area (TPSA) is 194 Å². The summed E-state index contributed by atoms with van der Waals surface area (Å²) in [5, 5.41) is 16.1. The summed E-state index contributed by atoms with van der Waals surface area (Å²) in [5.41, 5.74) is 11.3. The molecule has 12 heteroatoms. The molecule has 1 rings (SSSR count). The van der Waals surface area contributed by atoms with Crippen molar-refractivity contribution in [2.24, 2.45) is 11.5 Å². The van der Waals surface area contributed by atoms with E-state index in [9.17, 15) is 29.1 Å². The minimum atomic E-state index is -1.34. The van der Waals surface area contributed by atoms with Crippen LogP contribution in [0.1, 0.15) is 12.0 Å². The first-order valence-corrected chi connectivity index (χ1v) is 9.56. The molecule has 11 nitrogen and oxygen atoms in total. The van der Waals surface area contributed by atoms with Crippen LogP contribution in [0.5, 0.6) is 0 Å². The summed E-state index contributed by atoms with van der Waals surface area (Å²) < 4.78 is 0. The van der Waals surface area contributed by atoms with E-state index >= 15 is 0 Å². The lowest BCUT2D eigenvalue weighted by atomic mass is 10.1. The van der Waals surface area contributed by atoms with Crippen LogP contribution in [0.25, 0.3) is 0 Å². The molecule has 8 N–H and O–H groups in total. The van der Waals surface area contributed by atoms with Gasteiger partial charge in [0.25, 0.3) is 0 Å². The van der Waals surface area contributed by atoms with Gasteiger partial charge in [0.05, 0.1) is 19.0 Å². The maximum atomic E-state index is 12.3. The minimum Gasteiger partial charge on any atom is -0.480 e. The number of thiol groups is 1. The van der Waals surface area contributed by atoms with Gasteiger partial charge in [0.2, 0.25) is 23.6 Å². The number of nitrogens with two attached hydrogens (primary N) is 2. The van der Waals surface area contributed by atoms with Gasteiger partial charge >= 0.3 is 5.97 Å². The molecule has 0 radical (unpaired) electrons. The Morgan fingerprint density at radius 1 is 1.00 bits per heavy atom. The van der Waals surface area contributed by atoms with Crippen molar-refractivity contribution in [1.82, 2.24) is 16.0 Å². The second-order valence-electron chi connectivity index (χ2n) is 6.39. The van der Waals surface area contributed by atoms with Gasteiger partial charge in [-0.15, -0.1) is 0 Å². The number of primary amides is 1. The molecule has 0 saturated carbocycles. The highest BCUT2D eigenvalue weighted by Gasteiger charge is 2.26. The molecule has 0 bridgehead atoms. The molecule has 0 heterocycles. The average molecular weight is 439 g/mol. The Balaban J connectivity index is 2.65. The molecule has 0 saturated heterocycles. The van der Waals surface area contributed by atoms with E-state index in [4.69, 9.17) is 11.5 Å². The van der Waals surface area contributed by atoms with Gasteiger partial charge in [-0.05, 0) is 5.56 Å². The monoisotopic (exact) mass is 439 g/mol. The van der Waals surface area contributed by atoms with E-state index < -0.39 is 60.7 Å². The summed E-state index contributed by atoms with van der Waals surface area (Å²) in [6.07, 6.45) is -0.456. The van der Waals surface area contributed by atoms with E-state index in [-0.39, 0.29) is 12.2 Å². The van der Waals surface area contributed by atoms with Crippen LogP contribution in [0.2, 0.25) is 0 Å². The zero-order valence-corrected chi connectivity index (χ0v) is 16.9. The molecule has 1 aromatic rings. The van der Waals surface area contributed by atoms with Gasteiger partial charge in [-0.25, -0.2) is 4.79 Å². The highest BCUT2D eigenvalue weighted by Crippen LogP contribution is 2.03. The molecule has 0 aliphatic heterocycles. The van der Waals surface area contributed by atoms with E-state index in [2.05, 4.69) is 28.6 Å². The van der Waals surface area contributed by atoms with Gasteiger partial charge in [0, 0.05) is 12.2 Å². The number of carboxylic acid groups (broad SMARTS) is 1. The molecule has 3 atom stereocenters. The fourth-order valence-electron chi connectivity index (χ4n) is 2.36. The normalized spacial score (nSPS) is 13.4. The number of aliphatic carboxylic acids is 1. The number of rotatable bonds is 12. The Morgan fingerprint density at radius 2 is 1.63 bits per heavy atom. The van der Waals surface area contributed by atoms with Gasteiger partial charge in [0.15, 0.2) is 0 Å². The van der Waals surface area contributed by atoms with Crippen LogP contribution in [0.3, 0.4) is 0 Å². The summed E-state index contributed by atoms with van der Waals surface area (Å²) in [4.78, 5) is 58.7. The number of hydrogen-bond donors (Lipinski definition) is 7. The summed E-state index contributed by atoms with van der Waals surface area (Å²) in [6.45, 7) is -0.568. The third-order valence-electron chi connectivity index (χ3n) is 3.91. The zero-order valence-electron chi connectivity index (χ0n) is 16.0. The summed E-state index contributed by atoms with van der Waals surface area (Å²) in [5.74, 6) is -4.41. The van der Waals surface area contributed by atoms with Crippen LogP contribution in [-0.2, 0) is 30.4 Å². The van der Waals surface area contributed by atoms with Gasteiger partial charge < -0.3 is 32.5 Å². The Bertz CT molecular complexity index is 776. The van der Waals surface area contributed by atoms with E-state index in [1.54, 1.807) is 30.3 Å². The largest absolute Gasteiger partial charge is 0.480 e. The van der Waals surface area contributed by atoms with Crippen molar-refractivity contribution in [2.75, 3.05) is 12.3 Å². The van der Waals surface area contributed by atoms with Crippen molar-refractivity contribution in [1.29, 1.82) is 0 Å². The van der Waals surface area contributed by atoms with Crippen molar-refractivity contribution in [3.63, 3.8) is 0 Å². The molecular weight excluding hydrogens is 414 g/mol. The fourth-order valence-corrected chi connectivity index (χ4v) is 2.52. The fraction of sp³-hybridized carbons (Fsp3) is 0.389. The predicted octanol–water partition coefficient (Wildman–Crippen LogP) is -2.47. The number of carboxylic acids is 1. The van der Waals surface area contributed by atoms with Crippen molar-refractivity contribution >= 4 is 42.2 Å². The Morgan fingerprint density at radius 3 is 2.17 bits per heavy atom. The van der Waals surface area contributed by atoms with E-state index in [1.165, 1.54) is 0 Å². The van der Waals surface area contributed by atoms with Crippen LogP contribution in [0.4, 0.5) is 0 Å². The lowest BCUT2D eigenvalue weighted by molar-refractivity contribution is -0.141. The van der Waals surface area contributed by atoms with Gasteiger partial charge in [-0.1, -0.05) is 30.3 Å². The first-order chi connectivity index (χ1) is 14.1. The molecular formula is C18H25N5O6S. The number of amides is 4. The third kappa shape index (κ3) is 8.92. The molecule has 0 aliphatic rings. The first kappa shape index (κ1) is 24.9. The lowest BCUT2D eigenvalue weighted by Gasteiger charge is -2.19. The van der Waals surface area contributed by atoms with Gasteiger partial charge in [-0.2, -0.15) is 12.6 Å². The Kier molecular flexibility index (Phi) is 10.3. The average Bonchev–Trinajstić information content (AvgIpc) is 2.70. The van der Waals surface area contributed by atoms with E-state index in [0.717, 1.165) is 0 Å². The molecule has 0 spiro atoms. The van der Waals surface area contributed by atoms with Crippen LogP contribution < -0.4 is 27.4 Å². The highest BCUT2D eigenvalue weighted by molar-refractivity contribution is 7.80. The number of benzene rings is 1. The smallest absolute Gasteiger partial charge is 0.326 e. The van der Waals surface area contributed by atoms with Crippen LogP contribution in [0.15, 0.2) is 30.3 Å². The van der Waals surface area contributed by atoms with Crippen molar-refractivity contribution in [3.8, 4) is 0 Å². The number of carbonyl (C=O) groups excluding carboxylic acids is 4. The second kappa shape index (κ2) is 12.4. The molecule has 0 aromatic heterocycles. The Labute approximate surface area is 178 Å². The molecule has 0 fully saturated rings. The summed E-state index contributed by atoms with van der Waals surface area (Å²) in [7, 11) is 0. The molecule has 0 aliphatic carbocycles. The molecule has 4 amide bonds. The quantitative estimate of drug-likeness (QED) is 0.175. The van der Waals surface area contributed by atoms with E-state index in [1.807, 2.05) is 0 Å². The second-order valence-corrected chi connectivity index (χ2v) is 6.75. The van der Waals surface area contributed by atoms with E-state index in [0.29, 0.717) is 5.56 Å². The molecule has 1 aromatic carbocycles. The minimum absolute atomic E-state index is 0.0111. The Hall–Kier alpha value is -3.12. The highest BCUT2D eigenvalue weighted by atomic mass is 32.1. The van der Waals surface area contributed by atoms with Crippen molar-refractivity contribution < 1.29 is 29.1 Å². The lowest BCUT2D eigenvalue weighted by Crippen LogP contribution is -2.54. The number of nitrogens with one attached hydrogen (secondary N) is 3. The predicted molar refractivity (Wildman–Crippen MR) is 110 cm³/mol. The maximum absolute atomic E-state index is 12.3. The van der Waals surface area contributed by atoms with Crippen LogP contribution in [0, 0.1) is 0 Å². The third-order valence-corrected chi connectivity index (χ3v) is 4.30. The zero-order chi connectivity index (χ0) is 22.7. The number of carbonyl (C=O) groups is 5. The number of hydrogen-bond acceptors (Lipinski definition) is 7. The SMILES string of the molecule is NC(=O)CC(NC(=O)C(N)CS)C(=O)NCC(=O)NC(Cc1ccccc1)C(=O)O. The van der Waals surface area contributed by atoms with Gasteiger partial charge in [0.1, 0.15) is 12.1 Å². The molecule has 3 unspecified atom stereocenters. The first-order valence-electron chi connectivity index (χ1n) is 8.93. The molecule has 30 heavy (non-hydrogen) atoms. The van der Waals surface area contributed by atoms with Crippen LogP contribution in [-0.4, -0.2) is 65.1 Å². The maximum Gasteiger partial charge on any atom is 0.326 e. The summed E-state index contributed by atoms with van der Waals surface area (Å²) >= 11 is 3.87. The molecule has 164 valence electrons. The summed E-state index contributed by atoms with van der Waals surface area (Å²) in [6, 6.07) is 5.14.